The van der Waals surface area contributed by atoms with Crippen molar-refractivity contribution in [2.45, 2.75) is 70.2 Å². The Kier molecular flexibility index (Phi) is 7.98. The van der Waals surface area contributed by atoms with Gasteiger partial charge in [-0.3, -0.25) is 14.6 Å². The summed E-state index contributed by atoms with van der Waals surface area (Å²) in [6, 6.07) is 7.21. The molecule has 0 radical (unpaired) electrons. The normalized spacial score (nSPS) is 22.8. The standard InChI is InChI=1S/C32H40N4O6/c1-20-15-23-26(34(2)32(39)25-10-8-12-36(25)31(23)38)18-27(20)41-13-5-4-6-14-42-29-17-24-22(16-28(29)40-3)30(37)35-11-7-9-21(35)19-33-24/h15-19,21,25,32,39H,4-14H2,1-3H3/t21-,25-,32-/m0/s1. The summed E-state index contributed by atoms with van der Waals surface area (Å²) in [5.41, 5.74) is 3.40. The second-order valence-electron chi connectivity index (χ2n) is 11.6. The highest BCUT2D eigenvalue weighted by atomic mass is 16.5. The summed E-state index contributed by atoms with van der Waals surface area (Å²) in [6.45, 7) is 4.42. The molecule has 0 unspecified atom stereocenters. The minimum Gasteiger partial charge on any atom is -0.493 e. The topological polar surface area (TPSA) is 104 Å². The van der Waals surface area contributed by atoms with Crippen LogP contribution in [0.5, 0.6) is 17.2 Å². The number of anilines is 1. The molecule has 10 heteroatoms. The SMILES string of the molecule is COc1cc2c(cc1OCCCCCOc1cc3c(cc1C)C(=O)N1CCC[C@H]1[C@H](O)N3C)N=C[C@@H]1CCCN1C2=O. The lowest BCUT2D eigenvalue weighted by Crippen LogP contribution is -2.47. The molecule has 2 fully saturated rings. The van der Waals surface area contributed by atoms with Crippen LogP contribution in [0.25, 0.3) is 0 Å². The van der Waals surface area contributed by atoms with Crippen molar-refractivity contribution in [3.63, 3.8) is 0 Å². The first kappa shape index (κ1) is 28.3. The summed E-state index contributed by atoms with van der Waals surface area (Å²) in [5.74, 6) is 1.82. The predicted octanol–water partition coefficient (Wildman–Crippen LogP) is 4.33. The fraction of sp³-hybridized carbons (Fsp3) is 0.531. The molecule has 4 aliphatic rings. The number of nitrogens with zero attached hydrogens (tertiary/aromatic N) is 4. The zero-order valence-corrected chi connectivity index (χ0v) is 24.7. The minimum atomic E-state index is -0.740. The number of carbonyl (C=O) groups excluding carboxylic acids is 2. The second-order valence-corrected chi connectivity index (χ2v) is 11.6. The zero-order valence-electron chi connectivity index (χ0n) is 24.7. The van der Waals surface area contributed by atoms with E-state index in [-0.39, 0.29) is 23.9 Å². The average molecular weight is 577 g/mol. The number of benzene rings is 2. The maximum Gasteiger partial charge on any atom is 0.256 e. The van der Waals surface area contributed by atoms with Crippen molar-refractivity contribution in [1.29, 1.82) is 0 Å². The average Bonchev–Trinajstić information content (AvgIpc) is 3.65. The van der Waals surface area contributed by atoms with E-state index in [0.717, 1.165) is 62.8 Å². The Morgan fingerprint density at radius 2 is 1.60 bits per heavy atom. The van der Waals surface area contributed by atoms with Crippen molar-refractivity contribution in [3.8, 4) is 17.2 Å². The number of unbranched alkanes of at least 4 members (excludes halogenated alkanes) is 2. The minimum absolute atomic E-state index is 0.00525. The van der Waals surface area contributed by atoms with Crippen LogP contribution in [-0.2, 0) is 0 Å². The van der Waals surface area contributed by atoms with Crippen LogP contribution < -0.4 is 19.1 Å². The molecular weight excluding hydrogens is 536 g/mol. The molecule has 1 N–H and O–H groups in total. The van der Waals surface area contributed by atoms with Gasteiger partial charge in [-0.25, -0.2) is 0 Å². The first-order valence-corrected chi connectivity index (χ1v) is 15.1. The number of carbonyl (C=O) groups is 2. The number of aliphatic hydroxyl groups is 1. The van der Waals surface area contributed by atoms with Crippen LogP contribution in [0.4, 0.5) is 11.4 Å². The van der Waals surface area contributed by atoms with Gasteiger partial charge in [0.05, 0.1) is 54.9 Å². The second kappa shape index (κ2) is 11.8. The van der Waals surface area contributed by atoms with Crippen LogP contribution in [0, 0.1) is 6.92 Å². The molecule has 0 aliphatic carbocycles. The molecule has 10 nitrogen and oxygen atoms in total. The van der Waals surface area contributed by atoms with Crippen molar-refractivity contribution >= 4 is 29.4 Å². The molecule has 224 valence electrons. The van der Waals surface area contributed by atoms with Crippen LogP contribution in [0.3, 0.4) is 0 Å². The zero-order chi connectivity index (χ0) is 29.4. The van der Waals surface area contributed by atoms with E-state index in [4.69, 9.17) is 14.2 Å². The summed E-state index contributed by atoms with van der Waals surface area (Å²) >= 11 is 0. The van der Waals surface area contributed by atoms with Gasteiger partial charge in [-0.15, -0.1) is 0 Å². The number of hydrogen-bond acceptors (Lipinski definition) is 8. The van der Waals surface area contributed by atoms with Crippen LogP contribution >= 0.6 is 0 Å². The molecular formula is C32H40N4O6. The number of aliphatic hydroxyl groups excluding tert-OH is 1. The van der Waals surface area contributed by atoms with Gasteiger partial charge in [0.15, 0.2) is 11.5 Å². The molecule has 4 aliphatic heterocycles. The summed E-state index contributed by atoms with van der Waals surface area (Å²) < 4.78 is 17.7. The molecule has 0 aromatic heterocycles. The maximum atomic E-state index is 13.2. The van der Waals surface area contributed by atoms with Crippen LogP contribution in [-0.4, -0.2) is 91.7 Å². The highest BCUT2D eigenvalue weighted by Crippen LogP contribution is 2.39. The third-order valence-electron chi connectivity index (χ3n) is 8.97. The summed E-state index contributed by atoms with van der Waals surface area (Å²) in [4.78, 5) is 36.4. The lowest BCUT2D eigenvalue weighted by atomic mass is 10.1. The molecule has 0 bridgehead atoms. The monoisotopic (exact) mass is 576 g/mol. The van der Waals surface area contributed by atoms with Gasteiger partial charge in [0.2, 0.25) is 0 Å². The number of methoxy groups -OCH3 is 1. The Bertz CT molecular complexity index is 1390. The molecule has 0 spiro atoms. The summed E-state index contributed by atoms with van der Waals surface area (Å²) in [6.07, 6.45) is 7.36. The quantitative estimate of drug-likeness (QED) is 0.444. The molecule has 42 heavy (non-hydrogen) atoms. The number of hydrogen-bond donors (Lipinski definition) is 1. The molecule has 0 saturated carbocycles. The van der Waals surface area contributed by atoms with E-state index in [2.05, 4.69) is 4.99 Å². The summed E-state index contributed by atoms with van der Waals surface area (Å²) in [5, 5.41) is 10.9. The maximum absolute atomic E-state index is 13.2. The van der Waals surface area contributed by atoms with Gasteiger partial charge >= 0.3 is 0 Å². The van der Waals surface area contributed by atoms with E-state index in [9.17, 15) is 14.7 Å². The van der Waals surface area contributed by atoms with Gasteiger partial charge in [-0.05, 0) is 69.6 Å². The summed E-state index contributed by atoms with van der Waals surface area (Å²) in [7, 11) is 3.42. The van der Waals surface area contributed by atoms with Crippen molar-refractivity contribution in [2.75, 3.05) is 45.4 Å². The Morgan fingerprint density at radius 1 is 0.881 bits per heavy atom. The van der Waals surface area contributed by atoms with Gasteiger partial charge in [-0.1, -0.05) is 0 Å². The first-order valence-electron chi connectivity index (χ1n) is 15.1. The number of fused-ring (bicyclic) bond motifs is 4. The number of aryl methyl sites for hydroxylation is 1. The third kappa shape index (κ3) is 5.17. The number of likely N-dealkylation sites (N-methyl/N-ethyl adjacent to an activating group) is 1. The van der Waals surface area contributed by atoms with E-state index in [0.29, 0.717) is 53.8 Å². The third-order valence-corrected chi connectivity index (χ3v) is 8.97. The fourth-order valence-corrected chi connectivity index (χ4v) is 6.57. The number of amides is 2. The Hall–Kier alpha value is -3.79. The smallest absolute Gasteiger partial charge is 0.256 e. The highest BCUT2D eigenvalue weighted by Gasteiger charge is 2.41. The van der Waals surface area contributed by atoms with Crippen LogP contribution in [0.15, 0.2) is 29.3 Å². The molecule has 4 heterocycles. The van der Waals surface area contributed by atoms with E-state index in [1.54, 1.807) is 24.1 Å². The fourth-order valence-electron chi connectivity index (χ4n) is 6.57. The number of ether oxygens (including phenoxy) is 3. The highest BCUT2D eigenvalue weighted by molar-refractivity contribution is 6.03. The van der Waals surface area contributed by atoms with E-state index >= 15 is 0 Å². The van der Waals surface area contributed by atoms with Crippen molar-refractivity contribution in [1.82, 2.24) is 9.80 Å². The molecule has 2 saturated heterocycles. The Balaban J connectivity index is 1.02. The Morgan fingerprint density at radius 3 is 2.38 bits per heavy atom. The van der Waals surface area contributed by atoms with Crippen LogP contribution in [0.1, 0.15) is 71.2 Å². The van der Waals surface area contributed by atoms with Gasteiger partial charge in [0.25, 0.3) is 11.8 Å². The largest absolute Gasteiger partial charge is 0.493 e. The first-order chi connectivity index (χ1) is 20.4. The number of aliphatic imine (C=N–C) groups is 1. The van der Waals surface area contributed by atoms with E-state index < -0.39 is 6.23 Å². The molecule has 2 aromatic carbocycles. The van der Waals surface area contributed by atoms with Gasteiger partial charge in [-0.2, -0.15) is 0 Å². The van der Waals surface area contributed by atoms with Gasteiger partial charge < -0.3 is 34.0 Å². The molecule has 6 rings (SSSR count). The lowest BCUT2D eigenvalue weighted by molar-refractivity contribution is 0.0527. The van der Waals surface area contributed by atoms with E-state index in [1.807, 2.05) is 42.1 Å². The van der Waals surface area contributed by atoms with Crippen LogP contribution in [0.2, 0.25) is 0 Å². The van der Waals surface area contributed by atoms with Crippen molar-refractivity contribution in [3.05, 3.63) is 41.0 Å². The molecule has 3 atom stereocenters. The number of rotatable bonds is 9. The van der Waals surface area contributed by atoms with E-state index in [1.165, 1.54) is 0 Å². The van der Waals surface area contributed by atoms with Gasteiger partial charge in [0, 0.05) is 38.5 Å². The lowest BCUT2D eigenvalue weighted by Gasteiger charge is -2.31. The Labute approximate surface area is 246 Å². The molecule has 2 amide bonds. The van der Waals surface area contributed by atoms with Crippen molar-refractivity contribution < 1.29 is 28.9 Å². The predicted molar refractivity (Wildman–Crippen MR) is 160 cm³/mol. The molecule has 2 aromatic rings. The van der Waals surface area contributed by atoms with Crippen molar-refractivity contribution in [2.24, 2.45) is 4.99 Å². The van der Waals surface area contributed by atoms with Gasteiger partial charge in [0.1, 0.15) is 12.0 Å².